The van der Waals surface area contributed by atoms with E-state index < -0.39 is 23.9 Å². The van der Waals surface area contributed by atoms with Crippen LogP contribution in [0.2, 0.25) is 0 Å². The second-order valence-electron chi connectivity index (χ2n) is 2.81. The second kappa shape index (κ2) is 7.10. The van der Waals surface area contributed by atoms with Crippen LogP contribution < -0.4 is 5.32 Å². The highest BCUT2D eigenvalue weighted by Gasteiger charge is 2.17. The van der Waals surface area contributed by atoms with Gasteiger partial charge in [-0.1, -0.05) is 0 Å². The zero-order chi connectivity index (χ0) is 11.8. The van der Waals surface area contributed by atoms with Crippen LogP contribution in [0.15, 0.2) is 0 Å². The Kier molecular flexibility index (Phi) is 6.52. The summed E-state index contributed by atoms with van der Waals surface area (Å²) in [5, 5.41) is 19.3. The molecule has 0 aliphatic heterocycles. The van der Waals surface area contributed by atoms with Crippen LogP contribution in [0.1, 0.15) is 13.3 Å². The van der Waals surface area contributed by atoms with E-state index in [1.165, 1.54) is 18.7 Å². The Morgan fingerprint density at radius 2 is 1.93 bits per heavy atom. The summed E-state index contributed by atoms with van der Waals surface area (Å²) in [7, 11) is 0. The van der Waals surface area contributed by atoms with Crippen LogP contribution in [0.3, 0.4) is 0 Å². The molecule has 0 saturated heterocycles. The van der Waals surface area contributed by atoms with E-state index in [9.17, 15) is 14.4 Å². The zero-order valence-electron chi connectivity index (χ0n) is 8.23. The highest BCUT2D eigenvalue weighted by Crippen LogP contribution is 2.05. The summed E-state index contributed by atoms with van der Waals surface area (Å²) in [6.45, 7) is 1.23. The van der Waals surface area contributed by atoms with Crippen molar-refractivity contribution in [3.05, 3.63) is 0 Å². The van der Waals surface area contributed by atoms with E-state index in [0.29, 0.717) is 5.75 Å². The molecule has 15 heavy (non-hydrogen) atoms. The molecule has 0 unspecified atom stereocenters. The van der Waals surface area contributed by atoms with Gasteiger partial charge in [-0.3, -0.25) is 9.59 Å². The molecule has 1 atom stereocenters. The fourth-order valence-corrected chi connectivity index (χ4v) is 1.73. The van der Waals surface area contributed by atoms with E-state index >= 15 is 0 Å². The number of amides is 1. The SMILES string of the molecule is CC(=O)N[C@H](CSCCC(=O)O)C(=O)O. The van der Waals surface area contributed by atoms with E-state index in [1.54, 1.807) is 0 Å². The van der Waals surface area contributed by atoms with Gasteiger partial charge in [0.25, 0.3) is 0 Å². The zero-order valence-corrected chi connectivity index (χ0v) is 9.04. The number of carbonyl (C=O) groups is 3. The summed E-state index contributed by atoms with van der Waals surface area (Å²) in [5.41, 5.74) is 0. The second-order valence-corrected chi connectivity index (χ2v) is 3.96. The highest BCUT2D eigenvalue weighted by molar-refractivity contribution is 7.99. The third-order valence-electron chi connectivity index (χ3n) is 1.42. The van der Waals surface area contributed by atoms with Gasteiger partial charge < -0.3 is 15.5 Å². The third kappa shape index (κ3) is 7.80. The van der Waals surface area contributed by atoms with Gasteiger partial charge in [-0.2, -0.15) is 11.8 Å². The standard InChI is InChI=1S/C8H13NO5S/c1-5(10)9-6(8(13)14)4-15-3-2-7(11)12/h6H,2-4H2,1H3,(H,9,10)(H,11,12)(H,13,14)/t6-/m1/s1. The Labute approximate surface area is 91.0 Å². The Morgan fingerprint density at radius 3 is 2.33 bits per heavy atom. The van der Waals surface area contributed by atoms with Crippen molar-refractivity contribution in [2.24, 2.45) is 0 Å². The molecule has 0 saturated carbocycles. The predicted molar refractivity (Wildman–Crippen MR) is 54.8 cm³/mol. The summed E-state index contributed by atoms with van der Waals surface area (Å²) in [4.78, 5) is 31.4. The molecule has 1 amide bonds. The molecule has 86 valence electrons. The lowest BCUT2D eigenvalue weighted by Crippen LogP contribution is -2.41. The number of thioether (sulfide) groups is 1. The summed E-state index contributed by atoms with van der Waals surface area (Å²) in [6.07, 6.45) is -0.0168. The van der Waals surface area contributed by atoms with Gasteiger partial charge in [-0.15, -0.1) is 0 Å². The minimum Gasteiger partial charge on any atom is -0.481 e. The van der Waals surface area contributed by atoms with E-state index in [2.05, 4.69) is 5.32 Å². The Bertz CT molecular complexity index is 255. The molecule has 0 aromatic carbocycles. The summed E-state index contributed by atoms with van der Waals surface area (Å²) < 4.78 is 0. The first-order valence-corrected chi connectivity index (χ1v) is 5.38. The number of hydrogen-bond acceptors (Lipinski definition) is 4. The molecule has 0 heterocycles. The van der Waals surface area contributed by atoms with Gasteiger partial charge >= 0.3 is 11.9 Å². The first-order chi connectivity index (χ1) is 6.93. The van der Waals surface area contributed by atoms with Gasteiger partial charge in [0.1, 0.15) is 6.04 Å². The molecule has 0 aromatic rings. The monoisotopic (exact) mass is 235 g/mol. The molecule has 0 radical (unpaired) electrons. The van der Waals surface area contributed by atoms with Crippen molar-refractivity contribution in [2.75, 3.05) is 11.5 Å². The number of carboxylic acids is 2. The quantitative estimate of drug-likeness (QED) is 0.527. The smallest absolute Gasteiger partial charge is 0.327 e. The number of nitrogens with one attached hydrogen (secondary N) is 1. The molecule has 6 nitrogen and oxygen atoms in total. The molecular formula is C8H13NO5S. The van der Waals surface area contributed by atoms with E-state index in [4.69, 9.17) is 10.2 Å². The van der Waals surface area contributed by atoms with E-state index in [1.807, 2.05) is 0 Å². The molecule has 0 aliphatic carbocycles. The minimum absolute atomic E-state index is 0.0168. The van der Waals surface area contributed by atoms with E-state index in [0.717, 1.165) is 0 Å². The number of rotatable bonds is 7. The average molecular weight is 235 g/mol. The maximum atomic E-state index is 10.6. The Hall–Kier alpha value is -1.24. The largest absolute Gasteiger partial charge is 0.481 e. The molecule has 0 aliphatic rings. The van der Waals surface area contributed by atoms with Crippen molar-refractivity contribution in [1.29, 1.82) is 0 Å². The first kappa shape index (κ1) is 13.8. The van der Waals surface area contributed by atoms with Crippen molar-refractivity contribution >= 4 is 29.6 Å². The fourth-order valence-electron chi connectivity index (χ4n) is 0.781. The molecule has 0 rings (SSSR count). The van der Waals surface area contributed by atoms with Crippen LogP contribution in [0.4, 0.5) is 0 Å². The Morgan fingerprint density at radius 1 is 1.33 bits per heavy atom. The predicted octanol–water partition coefficient (Wildman–Crippen LogP) is -0.216. The van der Waals surface area contributed by atoms with Gasteiger partial charge in [0.2, 0.25) is 5.91 Å². The van der Waals surface area contributed by atoms with Crippen molar-refractivity contribution in [1.82, 2.24) is 5.32 Å². The number of aliphatic carboxylic acids is 2. The van der Waals surface area contributed by atoms with Crippen LogP contribution in [0, 0.1) is 0 Å². The normalized spacial score (nSPS) is 11.8. The molecular weight excluding hydrogens is 222 g/mol. The van der Waals surface area contributed by atoms with Gasteiger partial charge in [0.05, 0.1) is 6.42 Å². The summed E-state index contributed by atoms with van der Waals surface area (Å²) >= 11 is 1.18. The summed E-state index contributed by atoms with van der Waals surface area (Å²) in [5.74, 6) is -1.95. The lowest BCUT2D eigenvalue weighted by molar-refractivity contribution is -0.140. The van der Waals surface area contributed by atoms with Crippen LogP contribution >= 0.6 is 11.8 Å². The highest BCUT2D eigenvalue weighted by atomic mass is 32.2. The number of carbonyl (C=O) groups excluding carboxylic acids is 1. The topological polar surface area (TPSA) is 104 Å². The van der Waals surface area contributed by atoms with Crippen molar-refractivity contribution in [3.8, 4) is 0 Å². The van der Waals surface area contributed by atoms with Gasteiger partial charge in [-0.05, 0) is 0 Å². The van der Waals surface area contributed by atoms with Crippen molar-refractivity contribution in [3.63, 3.8) is 0 Å². The Balaban J connectivity index is 3.81. The average Bonchev–Trinajstić information content (AvgIpc) is 2.08. The van der Waals surface area contributed by atoms with Crippen molar-refractivity contribution < 1.29 is 24.6 Å². The fraction of sp³-hybridized carbons (Fsp3) is 0.625. The maximum absolute atomic E-state index is 10.6. The van der Waals surface area contributed by atoms with Crippen LogP contribution in [0.25, 0.3) is 0 Å². The molecule has 0 fully saturated rings. The van der Waals surface area contributed by atoms with Crippen LogP contribution in [-0.4, -0.2) is 45.6 Å². The lowest BCUT2D eigenvalue weighted by Gasteiger charge is -2.11. The molecule has 7 heteroatoms. The van der Waals surface area contributed by atoms with Crippen molar-refractivity contribution in [2.45, 2.75) is 19.4 Å². The van der Waals surface area contributed by atoms with Gasteiger partial charge in [0, 0.05) is 18.4 Å². The maximum Gasteiger partial charge on any atom is 0.327 e. The first-order valence-electron chi connectivity index (χ1n) is 4.23. The molecule has 0 spiro atoms. The molecule has 0 bridgehead atoms. The number of carboxylic acid groups (broad SMARTS) is 2. The lowest BCUT2D eigenvalue weighted by atomic mass is 10.3. The minimum atomic E-state index is -1.12. The number of hydrogen-bond donors (Lipinski definition) is 3. The van der Waals surface area contributed by atoms with Crippen LogP contribution in [-0.2, 0) is 14.4 Å². The third-order valence-corrected chi connectivity index (χ3v) is 2.48. The van der Waals surface area contributed by atoms with E-state index in [-0.39, 0.29) is 12.2 Å². The molecule has 0 aromatic heterocycles. The van der Waals surface area contributed by atoms with Gasteiger partial charge in [0.15, 0.2) is 0 Å². The molecule has 3 N–H and O–H groups in total. The van der Waals surface area contributed by atoms with Crippen LogP contribution in [0.5, 0.6) is 0 Å². The van der Waals surface area contributed by atoms with Gasteiger partial charge in [-0.25, -0.2) is 4.79 Å². The summed E-state index contributed by atoms with van der Waals surface area (Å²) in [6, 6.07) is -0.957.